The molecule has 4 heterocycles. The predicted molar refractivity (Wildman–Crippen MR) is 131 cm³/mol. The first-order valence-electron chi connectivity index (χ1n) is 10.7. The Labute approximate surface area is 195 Å². The lowest BCUT2D eigenvalue weighted by molar-refractivity contribution is 0.568. The maximum absolute atomic E-state index is 8.92. The van der Waals surface area contributed by atoms with Gasteiger partial charge in [0.15, 0.2) is 5.82 Å². The van der Waals surface area contributed by atoms with E-state index in [9.17, 15) is 0 Å². The second-order valence-electron chi connectivity index (χ2n) is 7.75. The highest BCUT2D eigenvalue weighted by Gasteiger charge is 2.12. The molecule has 0 aliphatic heterocycles. The average molecular weight is 452 g/mol. The lowest BCUT2D eigenvalue weighted by Gasteiger charge is -2.09. The largest absolute Gasteiger partial charge is 0.472 e. The third-order valence-corrected chi connectivity index (χ3v) is 6.32. The lowest BCUT2D eigenvalue weighted by Crippen LogP contribution is -2.06. The minimum atomic E-state index is 0.568. The van der Waals surface area contributed by atoms with E-state index in [1.165, 1.54) is 10.4 Å². The quantitative estimate of drug-likeness (QED) is 0.295. The zero-order valence-corrected chi connectivity index (χ0v) is 18.9. The Balaban J connectivity index is 1.23. The highest BCUT2D eigenvalue weighted by Crippen LogP contribution is 2.31. The van der Waals surface area contributed by atoms with Crippen molar-refractivity contribution in [1.82, 2.24) is 15.0 Å². The van der Waals surface area contributed by atoms with Gasteiger partial charge in [-0.05, 0) is 49.6 Å². The fourth-order valence-corrected chi connectivity index (χ4v) is 4.55. The SMILES string of the molecule is Cc1cc2c(NCCCc3ccc(-c4ccc(C#N)cn4)cc3)nc(-c3ccoc3)nc2s1. The zero-order valence-electron chi connectivity index (χ0n) is 18.1. The molecular weight excluding hydrogens is 430 g/mol. The van der Waals surface area contributed by atoms with E-state index in [1.54, 1.807) is 36.1 Å². The summed E-state index contributed by atoms with van der Waals surface area (Å²) in [6.45, 7) is 2.90. The number of nitrogens with zero attached hydrogens (tertiary/aromatic N) is 4. The average Bonchev–Trinajstić information content (AvgIpc) is 3.51. The van der Waals surface area contributed by atoms with Gasteiger partial charge in [-0.1, -0.05) is 24.3 Å². The van der Waals surface area contributed by atoms with E-state index in [4.69, 9.17) is 19.6 Å². The van der Waals surface area contributed by atoms with Crippen LogP contribution in [-0.2, 0) is 6.42 Å². The van der Waals surface area contributed by atoms with Crippen LogP contribution in [0.25, 0.3) is 32.9 Å². The molecule has 0 aliphatic carbocycles. The summed E-state index contributed by atoms with van der Waals surface area (Å²) in [5, 5.41) is 13.5. The molecule has 0 saturated carbocycles. The molecule has 0 unspecified atom stereocenters. The molecule has 0 saturated heterocycles. The van der Waals surface area contributed by atoms with Crippen molar-refractivity contribution < 1.29 is 4.42 Å². The standard InChI is InChI=1S/C26H21N5OS/c1-17-13-22-25(30-24(31-26(22)33-17)21-10-12-32-16-21)28-11-2-3-18-4-7-20(8-5-18)23-9-6-19(14-27)15-29-23/h4-10,12-13,15-16H,2-3,11H2,1H3,(H,28,30,31). The Morgan fingerprint density at radius 2 is 1.94 bits per heavy atom. The van der Waals surface area contributed by atoms with Crippen LogP contribution in [0, 0.1) is 18.3 Å². The smallest absolute Gasteiger partial charge is 0.166 e. The zero-order chi connectivity index (χ0) is 22.6. The molecule has 4 aromatic heterocycles. The topological polar surface area (TPSA) is 87.6 Å². The molecule has 5 rings (SSSR count). The lowest BCUT2D eigenvalue weighted by atomic mass is 10.0. The van der Waals surface area contributed by atoms with Gasteiger partial charge < -0.3 is 9.73 Å². The van der Waals surface area contributed by atoms with Crippen LogP contribution >= 0.6 is 11.3 Å². The van der Waals surface area contributed by atoms with Gasteiger partial charge in [-0.3, -0.25) is 4.98 Å². The number of aromatic nitrogens is 3. The van der Waals surface area contributed by atoms with Crippen molar-refractivity contribution in [3.05, 3.63) is 83.3 Å². The molecule has 0 radical (unpaired) electrons. The van der Waals surface area contributed by atoms with Gasteiger partial charge in [0, 0.05) is 23.2 Å². The number of nitrogens with one attached hydrogen (secondary N) is 1. The first kappa shape index (κ1) is 20.9. The van der Waals surface area contributed by atoms with Gasteiger partial charge in [-0.2, -0.15) is 5.26 Å². The van der Waals surface area contributed by atoms with Crippen LogP contribution < -0.4 is 5.32 Å². The highest BCUT2D eigenvalue weighted by molar-refractivity contribution is 7.18. The number of thiophene rings is 1. The first-order chi connectivity index (χ1) is 16.2. The highest BCUT2D eigenvalue weighted by atomic mass is 32.1. The third-order valence-electron chi connectivity index (χ3n) is 5.37. The maximum atomic E-state index is 8.92. The number of rotatable bonds is 7. The summed E-state index contributed by atoms with van der Waals surface area (Å²) < 4.78 is 5.21. The minimum Gasteiger partial charge on any atom is -0.472 e. The molecule has 6 nitrogen and oxygen atoms in total. The molecule has 7 heteroatoms. The Morgan fingerprint density at radius 1 is 1.06 bits per heavy atom. The molecule has 0 amide bonds. The second kappa shape index (κ2) is 9.23. The van der Waals surface area contributed by atoms with Crippen LogP contribution in [0.5, 0.6) is 0 Å². The molecule has 0 bridgehead atoms. The normalized spacial score (nSPS) is 10.9. The molecule has 33 heavy (non-hydrogen) atoms. The van der Waals surface area contributed by atoms with Gasteiger partial charge in [0.2, 0.25) is 0 Å². The summed E-state index contributed by atoms with van der Waals surface area (Å²) >= 11 is 1.67. The molecule has 0 atom stereocenters. The van der Waals surface area contributed by atoms with E-state index in [0.717, 1.165) is 52.2 Å². The second-order valence-corrected chi connectivity index (χ2v) is 8.99. The number of hydrogen-bond acceptors (Lipinski definition) is 7. The fraction of sp³-hybridized carbons (Fsp3) is 0.154. The van der Waals surface area contributed by atoms with E-state index >= 15 is 0 Å². The number of anilines is 1. The van der Waals surface area contributed by atoms with Crippen molar-refractivity contribution in [1.29, 1.82) is 5.26 Å². The van der Waals surface area contributed by atoms with E-state index < -0.39 is 0 Å². The summed E-state index contributed by atoms with van der Waals surface area (Å²) in [4.78, 5) is 16.0. The number of hydrogen-bond donors (Lipinski definition) is 1. The molecule has 0 spiro atoms. The summed E-state index contributed by atoms with van der Waals surface area (Å²) in [5.74, 6) is 1.54. The fourth-order valence-electron chi connectivity index (χ4n) is 3.67. The number of fused-ring (bicyclic) bond motifs is 1. The van der Waals surface area contributed by atoms with Crippen LogP contribution in [0.1, 0.15) is 22.4 Å². The van der Waals surface area contributed by atoms with Crippen molar-refractivity contribution in [3.8, 4) is 28.7 Å². The molecule has 0 fully saturated rings. The van der Waals surface area contributed by atoms with Crippen molar-refractivity contribution in [2.24, 2.45) is 0 Å². The van der Waals surface area contributed by atoms with Crippen LogP contribution in [-0.4, -0.2) is 21.5 Å². The monoisotopic (exact) mass is 451 g/mol. The Bertz CT molecular complexity index is 1420. The number of furan rings is 1. The van der Waals surface area contributed by atoms with E-state index in [1.807, 2.05) is 12.1 Å². The first-order valence-corrected chi connectivity index (χ1v) is 11.5. The van der Waals surface area contributed by atoms with Gasteiger partial charge in [0.05, 0.1) is 28.5 Å². The Morgan fingerprint density at radius 3 is 2.67 bits per heavy atom. The van der Waals surface area contributed by atoms with E-state index in [-0.39, 0.29) is 0 Å². The summed E-state index contributed by atoms with van der Waals surface area (Å²) in [7, 11) is 0. The van der Waals surface area contributed by atoms with Crippen LogP contribution in [0.3, 0.4) is 0 Å². The Kier molecular flexibility index (Phi) is 5.83. The van der Waals surface area contributed by atoms with Gasteiger partial charge in [0.25, 0.3) is 0 Å². The minimum absolute atomic E-state index is 0.568. The van der Waals surface area contributed by atoms with Gasteiger partial charge >= 0.3 is 0 Å². The molecule has 0 aliphatic rings. The predicted octanol–water partition coefficient (Wildman–Crippen LogP) is 6.24. The van der Waals surface area contributed by atoms with Gasteiger partial charge in [-0.25, -0.2) is 9.97 Å². The number of pyridine rings is 1. The van der Waals surface area contributed by atoms with E-state index in [2.05, 4.69) is 53.6 Å². The molecule has 5 aromatic rings. The van der Waals surface area contributed by atoms with Crippen molar-refractivity contribution in [2.75, 3.05) is 11.9 Å². The molecule has 1 aromatic carbocycles. The summed E-state index contributed by atoms with van der Waals surface area (Å²) in [6.07, 6.45) is 6.84. The summed E-state index contributed by atoms with van der Waals surface area (Å²) in [6, 6.07) is 18.2. The number of aryl methyl sites for hydroxylation is 2. The third kappa shape index (κ3) is 4.61. The molecule has 162 valence electrons. The summed E-state index contributed by atoms with van der Waals surface area (Å²) in [5.41, 5.74) is 4.63. The van der Waals surface area contributed by atoms with Crippen molar-refractivity contribution in [2.45, 2.75) is 19.8 Å². The van der Waals surface area contributed by atoms with Crippen LogP contribution in [0.15, 0.2) is 71.7 Å². The van der Waals surface area contributed by atoms with Crippen LogP contribution in [0.2, 0.25) is 0 Å². The van der Waals surface area contributed by atoms with Gasteiger partial charge in [-0.15, -0.1) is 11.3 Å². The number of nitriles is 1. The number of benzene rings is 1. The van der Waals surface area contributed by atoms with Crippen molar-refractivity contribution in [3.63, 3.8) is 0 Å². The maximum Gasteiger partial charge on any atom is 0.166 e. The molecule has 1 N–H and O–H groups in total. The van der Waals surface area contributed by atoms with Gasteiger partial charge in [0.1, 0.15) is 23.0 Å². The molecular formula is C26H21N5OS. The van der Waals surface area contributed by atoms with Crippen molar-refractivity contribution >= 4 is 27.4 Å². The van der Waals surface area contributed by atoms with E-state index in [0.29, 0.717) is 11.4 Å². The van der Waals surface area contributed by atoms with Crippen LogP contribution in [0.4, 0.5) is 5.82 Å². The Hall–Kier alpha value is -4.02.